The number of rotatable bonds is 3. The Morgan fingerprint density at radius 2 is 1.48 bits per heavy atom. The number of nitrogens with zero attached hydrogens (tertiary/aromatic N) is 2. The fraction of sp³-hybridized carbons (Fsp3) is 0.406. The van der Waals surface area contributed by atoms with Gasteiger partial charge in [0.15, 0.2) is 0 Å². The molecule has 0 radical (unpaired) electrons. The maximum absolute atomic E-state index is 13.1. The molecule has 0 bridgehead atoms. The summed E-state index contributed by atoms with van der Waals surface area (Å²) in [6.07, 6.45) is 9.04. The van der Waals surface area contributed by atoms with Gasteiger partial charge in [0, 0.05) is 59.0 Å². The van der Waals surface area contributed by atoms with Gasteiger partial charge in [-0.1, -0.05) is 6.07 Å². The summed E-state index contributed by atoms with van der Waals surface area (Å²) < 4.78 is 62.6. The monoisotopic (exact) mass is 623 g/mol. The lowest BCUT2D eigenvalue weighted by molar-refractivity contribution is 0.478. The fourth-order valence-corrected chi connectivity index (χ4v) is 10.0. The van der Waals surface area contributed by atoms with Crippen LogP contribution in [0.2, 0.25) is 0 Å². The van der Waals surface area contributed by atoms with Crippen LogP contribution in [-0.4, -0.2) is 47.6 Å². The van der Waals surface area contributed by atoms with Gasteiger partial charge in [0.05, 0.1) is 9.79 Å². The van der Waals surface area contributed by atoms with Gasteiger partial charge < -0.3 is 4.90 Å². The lowest BCUT2D eigenvalue weighted by atomic mass is 9.74. The van der Waals surface area contributed by atoms with E-state index < -0.39 is 24.1 Å². The van der Waals surface area contributed by atoms with Crippen molar-refractivity contribution in [3.8, 4) is 0 Å². The first kappa shape index (κ1) is 26.9. The minimum atomic E-state index is -4.64. The third-order valence-electron chi connectivity index (χ3n) is 9.96. The van der Waals surface area contributed by atoms with E-state index in [1.165, 1.54) is 56.6 Å². The molecule has 5 aliphatic rings. The van der Waals surface area contributed by atoms with Crippen molar-refractivity contribution in [3.63, 3.8) is 0 Å². The lowest BCUT2D eigenvalue weighted by Crippen LogP contribution is -2.46. The Morgan fingerprint density at radius 3 is 2.24 bits per heavy atom. The van der Waals surface area contributed by atoms with Gasteiger partial charge in [-0.3, -0.25) is 4.55 Å². The summed E-state index contributed by atoms with van der Waals surface area (Å²) in [4.78, 5) is 1.74. The zero-order valence-corrected chi connectivity index (χ0v) is 25.6. The zero-order valence-electron chi connectivity index (χ0n) is 23.2. The molecule has 7 nitrogen and oxygen atoms in total. The number of hydrogen-bond donors (Lipinski definition) is 1. The molecule has 0 saturated heterocycles. The van der Waals surface area contributed by atoms with Gasteiger partial charge in [-0.25, -0.2) is 13.0 Å². The second-order valence-corrected chi connectivity index (χ2v) is 16.2. The molecule has 0 amide bonds. The summed E-state index contributed by atoms with van der Waals surface area (Å²) in [6.45, 7) is 4.24. The van der Waals surface area contributed by atoms with Gasteiger partial charge in [0.2, 0.25) is 5.36 Å². The molecule has 218 valence electrons. The second kappa shape index (κ2) is 9.39. The van der Waals surface area contributed by atoms with E-state index in [9.17, 15) is 21.4 Å². The molecular formula is C32H32ClN2O5S2+. The van der Waals surface area contributed by atoms with Crippen LogP contribution < -0.4 is 20.1 Å². The van der Waals surface area contributed by atoms with E-state index in [1.807, 2.05) is 0 Å². The highest BCUT2D eigenvalue weighted by Crippen LogP contribution is 2.44. The van der Waals surface area contributed by atoms with Crippen molar-refractivity contribution in [2.24, 2.45) is 0 Å². The number of anilines is 1. The first-order valence-corrected chi connectivity index (χ1v) is 18.6. The Balaban J connectivity index is 1.55. The number of benzene rings is 3. The van der Waals surface area contributed by atoms with E-state index >= 15 is 0 Å². The molecule has 42 heavy (non-hydrogen) atoms. The molecule has 1 aliphatic carbocycles. The summed E-state index contributed by atoms with van der Waals surface area (Å²) in [7, 11) is -2.98. The average Bonchev–Trinajstić information content (AvgIpc) is 2.96. The van der Waals surface area contributed by atoms with Crippen molar-refractivity contribution < 1.29 is 21.4 Å². The number of aryl methyl sites for hydroxylation is 2. The molecule has 10 heteroatoms. The molecule has 0 spiro atoms. The third-order valence-corrected chi connectivity index (χ3v) is 12.2. The summed E-state index contributed by atoms with van der Waals surface area (Å²) >= 11 is 0. The summed E-state index contributed by atoms with van der Waals surface area (Å²) in [5.74, 6) is 0. The largest absolute Gasteiger partial charge is 0.371 e. The smallest absolute Gasteiger partial charge is 0.294 e. The second-order valence-electron chi connectivity index (χ2n) is 12.3. The maximum atomic E-state index is 13.1. The Kier molecular flexibility index (Phi) is 6.01. The molecule has 0 unspecified atom stereocenters. The minimum absolute atomic E-state index is 0.297. The molecule has 0 fully saturated rings. The quantitative estimate of drug-likeness (QED) is 0.214. The summed E-state index contributed by atoms with van der Waals surface area (Å²) in [5, 5.41) is 2.39. The van der Waals surface area contributed by atoms with E-state index in [1.54, 1.807) is 0 Å². The fourth-order valence-electron chi connectivity index (χ4n) is 8.38. The van der Waals surface area contributed by atoms with Crippen LogP contribution in [0.5, 0.6) is 0 Å². The molecule has 3 aromatic rings. The summed E-state index contributed by atoms with van der Waals surface area (Å²) in [6, 6.07) is 8.33. The predicted octanol–water partition coefficient (Wildman–Crippen LogP) is 3.09. The zero-order chi connectivity index (χ0) is 29.0. The molecule has 0 saturated carbocycles. The third kappa shape index (κ3) is 4.03. The Hall–Kier alpha value is -2.72. The van der Waals surface area contributed by atoms with Gasteiger partial charge in [-0.15, -0.1) is 0 Å². The van der Waals surface area contributed by atoms with Crippen LogP contribution in [-0.2, 0) is 51.3 Å². The SMILES string of the molecule is O=S(=O)(O)c1ccc(C2=c3cc4c5c(c3Cc3c2cc2c6c3CCCN6CCC2)CCC[N+]=5CCC4)c(S(=O)(=O)Cl)c1. The molecule has 8 rings (SSSR count). The normalized spacial score (nSPS) is 19.1. The van der Waals surface area contributed by atoms with Crippen LogP contribution >= 0.6 is 10.7 Å². The van der Waals surface area contributed by atoms with Crippen LogP contribution in [0.1, 0.15) is 70.2 Å². The highest BCUT2D eigenvalue weighted by atomic mass is 35.7. The molecule has 0 aromatic heterocycles. The lowest BCUT2D eigenvalue weighted by Gasteiger charge is -2.40. The maximum Gasteiger partial charge on any atom is 0.294 e. The molecule has 4 aliphatic heterocycles. The minimum Gasteiger partial charge on any atom is -0.371 e. The molecular weight excluding hydrogens is 592 g/mol. The van der Waals surface area contributed by atoms with Gasteiger partial charge in [0.1, 0.15) is 13.1 Å². The number of fused-ring (bicyclic) bond motifs is 4. The van der Waals surface area contributed by atoms with E-state index in [-0.39, 0.29) is 4.90 Å². The number of hydrogen-bond acceptors (Lipinski definition) is 5. The highest BCUT2D eigenvalue weighted by Gasteiger charge is 2.35. The number of halogens is 1. The first-order chi connectivity index (χ1) is 20.1. The van der Waals surface area contributed by atoms with Gasteiger partial charge in [-0.2, -0.15) is 8.42 Å². The van der Waals surface area contributed by atoms with Gasteiger partial charge in [0.25, 0.3) is 19.2 Å². The highest BCUT2D eigenvalue weighted by molar-refractivity contribution is 8.13. The van der Waals surface area contributed by atoms with Crippen molar-refractivity contribution in [1.82, 2.24) is 4.58 Å². The van der Waals surface area contributed by atoms with Gasteiger partial charge in [-0.05, 0) is 108 Å². The Bertz CT molecular complexity index is 2080. The van der Waals surface area contributed by atoms with Crippen molar-refractivity contribution >= 4 is 41.1 Å². The van der Waals surface area contributed by atoms with Gasteiger partial charge >= 0.3 is 0 Å². The topological polar surface area (TPSA) is 94.8 Å². The molecule has 1 N–H and O–H groups in total. The van der Waals surface area contributed by atoms with Crippen molar-refractivity contribution in [2.45, 2.75) is 67.6 Å². The van der Waals surface area contributed by atoms with Crippen molar-refractivity contribution in [1.29, 1.82) is 0 Å². The predicted molar refractivity (Wildman–Crippen MR) is 162 cm³/mol. The van der Waals surface area contributed by atoms with E-state index in [0.717, 1.165) is 106 Å². The van der Waals surface area contributed by atoms with E-state index in [2.05, 4.69) is 21.6 Å². The van der Waals surface area contributed by atoms with Crippen LogP contribution in [0.3, 0.4) is 0 Å². The van der Waals surface area contributed by atoms with Crippen LogP contribution in [0.25, 0.3) is 5.57 Å². The van der Waals surface area contributed by atoms with Crippen LogP contribution in [0, 0.1) is 0 Å². The molecule has 0 atom stereocenters. The standard InChI is InChI=1S/C32H31ClN2O5S2/c33-41(36,37)29-17-21(42(38,39)40)9-10-24(29)30-27-15-19-5-1-11-34-13-3-7-22(31(19)34)25(27)18-26-23-8-4-14-35-12-2-6-20(32(23)35)16-28(26)30/h9-10,15-17H,1-8,11-14,18H2/p+1. The first-order valence-electron chi connectivity index (χ1n) is 14.9. The molecule has 3 aromatic carbocycles. The van der Waals surface area contributed by atoms with E-state index in [0.29, 0.717) is 5.56 Å². The van der Waals surface area contributed by atoms with Crippen LogP contribution in [0.15, 0.2) is 40.1 Å². The molecule has 4 heterocycles. The average molecular weight is 624 g/mol. The Labute approximate surface area is 250 Å². The Morgan fingerprint density at radius 1 is 0.762 bits per heavy atom. The van der Waals surface area contributed by atoms with Crippen LogP contribution in [0.4, 0.5) is 5.69 Å². The van der Waals surface area contributed by atoms with Crippen molar-refractivity contribution in [2.75, 3.05) is 31.1 Å². The summed E-state index contributed by atoms with van der Waals surface area (Å²) in [5.41, 5.74) is 11.4. The van der Waals surface area contributed by atoms with Crippen molar-refractivity contribution in [3.05, 3.63) is 85.4 Å². The van der Waals surface area contributed by atoms with E-state index in [4.69, 9.17) is 10.7 Å².